The molecule has 3 aromatic rings. The van der Waals surface area contributed by atoms with Crippen molar-refractivity contribution < 1.29 is 9.53 Å². The highest BCUT2D eigenvalue weighted by Gasteiger charge is 2.18. The van der Waals surface area contributed by atoms with Gasteiger partial charge in [0.1, 0.15) is 5.75 Å². The van der Waals surface area contributed by atoms with Gasteiger partial charge in [-0.2, -0.15) is 0 Å². The van der Waals surface area contributed by atoms with Crippen molar-refractivity contribution in [2.24, 2.45) is 0 Å². The number of halogens is 1. The molecule has 1 aliphatic rings. The Balaban J connectivity index is 1.47. The molecule has 0 heterocycles. The van der Waals surface area contributed by atoms with Gasteiger partial charge < -0.3 is 10.1 Å². The van der Waals surface area contributed by atoms with Gasteiger partial charge in [0.25, 0.3) is 5.91 Å². The maximum Gasteiger partial charge on any atom is 0.262 e. The van der Waals surface area contributed by atoms with Crippen LogP contribution in [0, 0.1) is 0 Å². The molecule has 1 N–H and O–H groups in total. The summed E-state index contributed by atoms with van der Waals surface area (Å²) in [5, 5.41) is 5.41. The van der Waals surface area contributed by atoms with Crippen LogP contribution in [0.1, 0.15) is 37.5 Å². The van der Waals surface area contributed by atoms with Crippen LogP contribution in [0.4, 0.5) is 5.69 Å². The fourth-order valence-electron chi connectivity index (χ4n) is 3.77. The smallest absolute Gasteiger partial charge is 0.262 e. The molecule has 4 heteroatoms. The van der Waals surface area contributed by atoms with Crippen molar-refractivity contribution in [3.63, 3.8) is 0 Å². The first-order valence-electron chi connectivity index (χ1n) is 9.59. The highest BCUT2D eigenvalue weighted by atomic mass is 79.9. The summed E-state index contributed by atoms with van der Waals surface area (Å²) in [6.45, 7) is 6.47. The molecule has 3 aromatic carbocycles. The molecule has 0 aromatic heterocycles. The summed E-state index contributed by atoms with van der Waals surface area (Å²) in [6.07, 6.45) is 2.15. The van der Waals surface area contributed by atoms with Gasteiger partial charge in [0.05, 0.1) is 4.47 Å². The summed E-state index contributed by atoms with van der Waals surface area (Å²) in [4.78, 5) is 12.5. The SMILES string of the molecule is CC(C)(C)c1ccc(OCC(=O)Nc2ccc3c4c(cccc24)CC3)c(Br)c1. The van der Waals surface area contributed by atoms with E-state index < -0.39 is 0 Å². The molecule has 0 atom stereocenters. The van der Waals surface area contributed by atoms with E-state index in [4.69, 9.17) is 4.74 Å². The Kier molecular flexibility index (Phi) is 4.92. The maximum absolute atomic E-state index is 12.5. The second kappa shape index (κ2) is 7.25. The topological polar surface area (TPSA) is 38.3 Å². The monoisotopic (exact) mass is 437 g/mol. The van der Waals surface area contributed by atoms with Gasteiger partial charge in [-0.15, -0.1) is 0 Å². The average Bonchev–Trinajstić information content (AvgIpc) is 3.07. The second-order valence-corrected chi connectivity index (χ2v) is 9.20. The van der Waals surface area contributed by atoms with E-state index in [2.05, 4.69) is 72.3 Å². The number of hydrogen-bond donors (Lipinski definition) is 1. The minimum absolute atomic E-state index is 0.0313. The number of aryl methyl sites for hydroxylation is 2. The molecular formula is C24H24BrNO2. The number of hydrogen-bond acceptors (Lipinski definition) is 2. The van der Waals surface area contributed by atoms with Crippen LogP contribution in [0.3, 0.4) is 0 Å². The van der Waals surface area contributed by atoms with E-state index in [1.165, 1.54) is 22.1 Å². The molecular weight excluding hydrogens is 414 g/mol. The standard InChI is InChI=1S/C24H24BrNO2/c1-24(2,3)17-10-12-21(19(25)13-17)28-14-22(27)26-20-11-9-16-8-7-15-5-4-6-18(20)23(15)16/h4-6,9-13H,7-8,14H2,1-3H3,(H,26,27). The van der Waals surface area contributed by atoms with Crippen LogP contribution in [-0.4, -0.2) is 12.5 Å². The largest absolute Gasteiger partial charge is 0.483 e. The molecule has 0 fully saturated rings. The lowest BCUT2D eigenvalue weighted by Gasteiger charge is -2.20. The first-order valence-corrected chi connectivity index (χ1v) is 10.4. The van der Waals surface area contributed by atoms with E-state index in [0.717, 1.165) is 28.4 Å². The summed E-state index contributed by atoms with van der Waals surface area (Å²) >= 11 is 3.56. The minimum atomic E-state index is -0.162. The first kappa shape index (κ1) is 19.0. The Morgan fingerprint density at radius 3 is 2.54 bits per heavy atom. The lowest BCUT2D eigenvalue weighted by Crippen LogP contribution is -2.20. The number of rotatable bonds is 4. The third kappa shape index (κ3) is 3.66. The molecule has 144 valence electrons. The predicted octanol–water partition coefficient (Wildman–Crippen LogP) is 6.02. The number of carbonyl (C=O) groups excluding carboxylic acids is 1. The van der Waals surface area contributed by atoms with E-state index in [1.54, 1.807) is 0 Å². The zero-order chi connectivity index (χ0) is 19.9. The molecule has 0 aliphatic heterocycles. The van der Waals surface area contributed by atoms with E-state index in [9.17, 15) is 4.79 Å². The molecule has 0 saturated heterocycles. The molecule has 0 saturated carbocycles. The van der Waals surface area contributed by atoms with Crippen LogP contribution >= 0.6 is 15.9 Å². The van der Waals surface area contributed by atoms with Crippen molar-refractivity contribution in [2.75, 3.05) is 11.9 Å². The summed E-state index contributed by atoms with van der Waals surface area (Å²) in [6, 6.07) is 16.4. The first-order chi connectivity index (χ1) is 13.3. The maximum atomic E-state index is 12.5. The number of amides is 1. The van der Waals surface area contributed by atoms with Crippen LogP contribution in [0.25, 0.3) is 10.8 Å². The van der Waals surface area contributed by atoms with Gasteiger partial charge in [0, 0.05) is 11.1 Å². The van der Waals surface area contributed by atoms with Gasteiger partial charge >= 0.3 is 0 Å². The molecule has 0 spiro atoms. The molecule has 0 bridgehead atoms. The van der Waals surface area contributed by atoms with Crippen molar-refractivity contribution in [1.82, 2.24) is 0 Å². The average molecular weight is 438 g/mol. The third-order valence-electron chi connectivity index (χ3n) is 5.31. The van der Waals surface area contributed by atoms with E-state index in [1.807, 2.05) is 18.2 Å². The normalized spacial score (nSPS) is 13.0. The molecule has 28 heavy (non-hydrogen) atoms. The van der Waals surface area contributed by atoms with Gasteiger partial charge in [-0.1, -0.05) is 51.1 Å². The van der Waals surface area contributed by atoms with E-state index >= 15 is 0 Å². The Morgan fingerprint density at radius 1 is 1.07 bits per heavy atom. The molecule has 4 rings (SSSR count). The van der Waals surface area contributed by atoms with Crippen LogP contribution in [0.2, 0.25) is 0 Å². The lowest BCUT2D eigenvalue weighted by molar-refractivity contribution is -0.118. The third-order valence-corrected chi connectivity index (χ3v) is 5.93. The van der Waals surface area contributed by atoms with Crippen LogP contribution in [0.15, 0.2) is 53.0 Å². The van der Waals surface area contributed by atoms with Crippen molar-refractivity contribution in [1.29, 1.82) is 0 Å². The fraction of sp³-hybridized carbons (Fsp3) is 0.292. The van der Waals surface area contributed by atoms with Crippen molar-refractivity contribution in [3.05, 3.63) is 69.7 Å². The van der Waals surface area contributed by atoms with E-state index in [-0.39, 0.29) is 17.9 Å². The van der Waals surface area contributed by atoms with Crippen LogP contribution in [-0.2, 0) is 23.1 Å². The number of benzene rings is 3. The number of nitrogens with one attached hydrogen (secondary N) is 1. The van der Waals surface area contributed by atoms with Crippen LogP contribution in [0.5, 0.6) is 5.75 Å². The molecule has 0 unspecified atom stereocenters. The summed E-state index contributed by atoms with van der Waals surface area (Å²) in [5.74, 6) is 0.508. The summed E-state index contributed by atoms with van der Waals surface area (Å²) < 4.78 is 6.61. The zero-order valence-corrected chi connectivity index (χ0v) is 18.0. The van der Waals surface area contributed by atoms with Gasteiger partial charge in [0.2, 0.25) is 0 Å². The minimum Gasteiger partial charge on any atom is -0.483 e. The van der Waals surface area contributed by atoms with E-state index in [0.29, 0.717) is 5.75 Å². The van der Waals surface area contributed by atoms with Crippen molar-refractivity contribution in [3.8, 4) is 5.75 Å². The quantitative estimate of drug-likeness (QED) is 0.541. The summed E-state index contributed by atoms with van der Waals surface area (Å²) in [7, 11) is 0. The van der Waals surface area contributed by atoms with Crippen molar-refractivity contribution >= 4 is 38.3 Å². The van der Waals surface area contributed by atoms with Gasteiger partial charge in [-0.05, 0) is 74.5 Å². The lowest BCUT2D eigenvalue weighted by atomic mass is 9.87. The van der Waals surface area contributed by atoms with Gasteiger partial charge in [-0.25, -0.2) is 0 Å². The van der Waals surface area contributed by atoms with Gasteiger partial charge in [0.15, 0.2) is 6.61 Å². The van der Waals surface area contributed by atoms with Gasteiger partial charge in [-0.3, -0.25) is 4.79 Å². The predicted molar refractivity (Wildman–Crippen MR) is 118 cm³/mol. The molecule has 0 radical (unpaired) electrons. The molecule has 1 aliphatic carbocycles. The fourth-order valence-corrected chi connectivity index (χ4v) is 4.26. The Morgan fingerprint density at radius 2 is 1.82 bits per heavy atom. The van der Waals surface area contributed by atoms with Crippen molar-refractivity contribution in [2.45, 2.75) is 39.0 Å². The Bertz CT molecular complexity index is 1060. The molecule has 1 amide bonds. The number of anilines is 1. The Hall–Kier alpha value is -2.33. The zero-order valence-electron chi connectivity index (χ0n) is 16.4. The highest BCUT2D eigenvalue weighted by Crippen LogP contribution is 2.35. The second-order valence-electron chi connectivity index (χ2n) is 8.34. The Labute approximate surface area is 174 Å². The molecule has 3 nitrogen and oxygen atoms in total. The number of ether oxygens (including phenoxy) is 1. The number of carbonyl (C=O) groups is 1. The highest BCUT2D eigenvalue weighted by molar-refractivity contribution is 9.10. The summed E-state index contributed by atoms with van der Waals surface area (Å²) in [5.41, 5.74) is 4.85. The van der Waals surface area contributed by atoms with Crippen LogP contribution < -0.4 is 10.1 Å².